The summed E-state index contributed by atoms with van der Waals surface area (Å²) >= 11 is 0. The van der Waals surface area contributed by atoms with E-state index in [0.717, 1.165) is 37.1 Å². The van der Waals surface area contributed by atoms with Crippen LogP contribution in [0.2, 0.25) is 0 Å². The van der Waals surface area contributed by atoms with Gasteiger partial charge in [0, 0.05) is 6.20 Å². The highest BCUT2D eigenvalue weighted by Gasteiger charge is 2.40. The summed E-state index contributed by atoms with van der Waals surface area (Å²) in [5.41, 5.74) is 9.08. The molecule has 30 heavy (non-hydrogen) atoms. The molecule has 0 saturated heterocycles. The lowest BCUT2D eigenvalue weighted by atomic mass is 9.69. The fourth-order valence-electron chi connectivity index (χ4n) is 4.69. The summed E-state index contributed by atoms with van der Waals surface area (Å²) in [6.07, 6.45) is 4.20. The third-order valence-electron chi connectivity index (χ3n) is 6.28. The third kappa shape index (κ3) is 3.63. The molecule has 0 spiro atoms. The van der Waals surface area contributed by atoms with Gasteiger partial charge in [0.2, 0.25) is 15.9 Å². The molecule has 0 radical (unpaired) electrons. The molecule has 0 saturated carbocycles. The highest BCUT2D eigenvalue weighted by Crippen LogP contribution is 2.52. The number of rotatable bonds is 6. The minimum Gasteiger partial charge on any atom is -0.364 e. The molecule has 160 valence electrons. The lowest BCUT2D eigenvalue weighted by Crippen LogP contribution is -2.38. The van der Waals surface area contributed by atoms with Gasteiger partial charge in [0.1, 0.15) is 10.6 Å². The maximum atomic E-state index is 12.5. The number of nitrogens with one attached hydrogen (secondary N) is 3. The Morgan fingerprint density at radius 2 is 2.07 bits per heavy atom. The van der Waals surface area contributed by atoms with Crippen molar-refractivity contribution in [3.05, 3.63) is 52.8 Å². The molecule has 1 heterocycles. The summed E-state index contributed by atoms with van der Waals surface area (Å²) in [7, 11) is -3.94. The molecule has 2 amide bonds. The van der Waals surface area contributed by atoms with E-state index >= 15 is 0 Å². The Bertz CT molecular complexity index is 1120. The Kier molecular flexibility index (Phi) is 4.98. The van der Waals surface area contributed by atoms with Gasteiger partial charge >= 0.3 is 0 Å². The molecule has 0 bridgehead atoms. The Morgan fingerprint density at radius 1 is 1.30 bits per heavy atom. The lowest BCUT2D eigenvalue weighted by Gasteiger charge is -2.35. The number of hydrogen-bond donors (Lipinski definition) is 4. The predicted molar refractivity (Wildman–Crippen MR) is 111 cm³/mol. The van der Waals surface area contributed by atoms with Gasteiger partial charge in [0.25, 0.3) is 5.91 Å². The smallest absolute Gasteiger partial charge is 0.265 e. The standard InChI is InChI=1S/C21H26N4O4S/c1-21(2)7-6-12-8-16(14-4-3-5-15(21)19(12)14)25-18(26)11-24-30(28,29)13-9-17(20(22)27)23-10-13/h3-5,9-10,12,16,23-24H,6-8,11H2,1-2H3,(H2,22,27)(H,25,26). The number of carbonyl (C=O) groups is 2. The number of aromatic amines is 1. The average molecular weight is 431 g/mol. The van der Waals surface area contributed by atoms with E-state index < -0.39 is 21.8 Å². The number of primary amides is 1. The van der Waals surface area contributed by atoms with E-state index in [-0.39, 0.29) is 28.6 Å². The van der Waals surface area contributed by atoms with Crippen LogP contribution in [0.5, 0.6) is 0 Å². The van der Waals surface area contributed by atoms with E-state index in [2.05, 4.69) is 41.0 Å². The number of amides is 2. The molecule has 2 unspecified atom stereocenters. The number of H-pyrrole nitrogens is 1. The van der Waals surface area contributed by atoms with Crippen LogP contribution in [0.25, 0.3) is 0 Å². The molecular formula is C21H26N4O4S. The first-order valence-electron chi connectivity index (χ1n) is 9.99. The normalized spacial score (nSPS) is 21.8. The topological polar surface area (TPSA) is 134 Å². The van der Waals surface area contributed by atoms with Crippen LogP contribution in [0.3, 0.4) is 0 Å². The molecule has 2 atom stereocenters. The van der Waals surface area contributed by atoms with Gasteiger partial charge in [-0.2, -0.15) is 0 Å². The van der Waals surface area contributed by atoms with Crippen molar-refractivity contribution in [1.29, 1.82) is 0 Å². The van der Waals surface area contributed by atoms with Crippen molar-refractivity contribution >= 4 is 21.8 Å². The molecule has 2 aromatic rings. The van der Waals surface area contributed by atoms with E-state index in [4.69, 9.17) is 5.73 Å². The molecule has 2 aliphatic carbocycles. The van der Waals surface area contributed by atoms with Crippen LogP contribution in [-0.4, -0.2) is 31.8 Å². The summed E-state index contributed by atoms with van der Waals surface area (Å²) in [6, 6.07) is 7.29. The van der Waals surface area contributed by atoms with Crippen molar-refractivity contribution in [2.24, 2.45) is 5.73 Å². The van der Waals surface area contributed by atoms with E-state index in [9.17, 15) is 18.0 Å². The Hall–Kier alpha value is -2.65. The highest BCUT2D eigenvalue weighted by molar-refractivity contribution is 7.89. The highest BCUT2D eigenvalue weighted by atomic mass is 32.2. The number of aromatic nitrogens is 1. The Morgan fingerprint density at radius 3 is 2.77 bits per heavy atom. The monoisotopic (exact) mass is 430 g/mol. The number of benzene rings is 1. The van der Waals surface area contributed by atoms with Crippen LogP contribution >= 0.6 is 0 Å². The van der Waals surface area contributed by atoms with Crippen LogP contribution in [0.15, 0.2) is 35.4 Å². The van der Waals surface area contributed by atoms with Crippen molar-refractivity contribution in [3.63, 3.8) is 0 Å². The molecule has 8 nitrogen and oxygen atoms in total. The second kappa shape index (κ2) is 7.24. The maximum absolute atomic E-state index is 12.5. The molecule has 4 rings (SSSR count). The summed E-state index contributed by atoms with van der Waals surface area (Å²) in [5, 5.41) is 2.98. The van der Waals surface area contributed by atoms with Crippen LogP contribution in [-0.2, 0) is 20.2 Å². The van der Waals surface area contributed by atoms with Crippen molar-refractivity contribution < 1.29 is 18.0 Å². The van der Waals surface area contributed by atoms with Crippen LogP contribution in [0.1, 0.15) is 72.2 Å². The van der Waals surface area contributed by atoms with Crippen LogP contribution in [0.4, 0.5) is 0 Å². The van der Waals surface area contributed by atoms with Gasteiger partial charge in [-0.25, -0.2) is 13.1 Å². The fourth-order valence-corrected chi connectivity index (χ4v) is 5.67. The number of nitrogens with two attached hydrogens (primary N) is 1. The minimum absolute atomic E-state index is 0.0160. The molecule has 9 heteroatoms. The van der Waals surface area contributed by atoms with Gasteiger partial charge in [0.15, 0.2) is 0 Å². The van der Waals surface area contributed by atoms with Crippen molar-refractivity contribution in [2.75, 3.05) is 6.54 Å². The van der Waals surface area contributed by atoms with Crippen LogP contribution < -0.4 is 15.8 Å². The SMILES string of the molecule is CC1(C)CCC2CC(NC(=O)CNS(=O)(=O)c3c[nH]c(C(N)=O)c3)c3cccc1c32. The first-order valence-corrected chi connectivity index (χ1v) is 11.5. The van der Waals surface area contributed by atoms with Gasteiger partial charge in [-0.05, 0) is 53.4 Å². The summed E-state index contributed by atoms with van der Waals surface area (Å²) in [6.45, 7) is 4.12. The summed E-state index contributed by atoms with van der Waals surface area (Å²) in [5.74, 6) is -0.730. The van der Waals surface area contributed by atoms with Crippen molar-refractivity contribution in [2.45, 2.75) is 55.4 Å². The minimum atomic E-state index is -3.94. The fraction of sp³-hybridized carbons (Fsp3) is 0.429. The van der Waals surface area contributed by atoms with Crippen molar-refractivity contribution in [1.82, 2.24) is 15.0 Å². The first-order chi connectivity index (χ1) is 14.1. The second-order valence-corrected chi connectivity index (χ2v) is 10.5. The largest absolute Gasteiger partial charge is 0.364 e. The number of sulfonamides is 1. The van der Waals surface area contributed by atoms with E-state index in [1.54, 1.807) is 0 Å². The van der Waals surface area contributed by atoms with Crippen molar-refractivity contribution in [3.8, 4) is 0 Å². The zero-order valence-corrected chi connectivity index (χ0v) is 17.8. The third-order valence-corrected chi connectivity index (χ3v) is 7.66. The summed E-state index contributed by atoms with van der Waals surface area (Å²) in [4.78, 5) is 26.0. The zero-order valence-electron chi connectivity index (χ0n) is 17.0. The van der Waals surface area contributed by atoms with Crippen LogP contribution in [0, 0.1) is 0 Å². The van der Waals surface area contributed by atoms with E-state index in [1.165, 1.54) is 11.1 Å². The predicted octanol–water partition coefficient (Wildman–Crippen LogP) is 1.81. The molecule has 5 N–H and O–H groups in total. The lowest BCUT2D eigenvalue weighted by molar-refractivity contribution is -0.120. The maximum Gasteiger partial charge on any atom is 0.265 e. The van der Waals surface area contributed by atoms with E-state index in [1.807, 2.05) is 6.07 Å². The molecule has 1 aromatic heterocycles. The molecular weight excluding hydrogens is 404 g/mol. The quantitative estimate of drug-likeness (QED) is 0.556. The molecule has 1 aromatic carbocycles. The molecule has 0 fully saturated rings. The Balaban J connectivity index is 1.44. The van der Waals surface area contributed by atoms with Gasteiger partial charge in [-0.1, -0.05) is 32.0 Å². The van der Waals surface area contributed by atoms with Gasteiger partial charge < -0.3 is 16.0 Å². The molecule has 2 aliphatic rings. The number of carbonyl (C=O) groups excluding carboxylic acids is 2. The zero-order chi connectivity index (χ0) is 21.7. The second-order valence-electron chi connectivity index (χ2n) is 8.72. The van der Waals surface area contributed by atoms with Gasteiger partial charge in [-0.15, -0.1) is 0 Å². The van der Waals surface area contributed by atoms with E-state index in [0.29, 0.717) is 5.92 Å². The Labute approximate surface area is 175 Å². The van der Waals surface area contributed by atoms with Gasteiger partial charge in [0.05, 0.1) is 12.6 Å². The first kappa shape index (κ1) is 20.6. The number of hydrogen-bond acceptors (Lipinski definition) is 4. The molecule has 0 aliphatic heterocycles. The van der Waals surface area contributed by atoms with Gasteiger partial charge in [-0.3, -0.25) is 9.59 Å². The average Bonchev–Trinajstić information content (AvgIpc) is 3.31. The summed E-state index contributed by atoms with van der Waals surface area (Å²) < 4.78 is 27.0.